The summed E-state index contributed by atoms with van der Waals surface area (Å²) in [5, 5.41) is 3.49. The smallest absolute Gasteiger partial charge is 0.276 e. The molecule has 1 aliphatic heterocycles. The summed E-state index contributed by atoms with van der Waals surface area (Å²) < 4.78 is 5.03. The van der Waals surface area contributed by atoms with Crippen molar-refractivity contribution >= 4 is 40.7 Å². The van der Waals surface area contributed by atoms with Gasteiger partial charge in [0.05, 0.1) is 0 Å². The van der Waals surface area contributed by atoms with E-state index in [-0.39, 0.29) is 5.91 Å². The minimum absolute atomic E-state index is 0.0703. The van der Waals surface area contributed by atoms with Gasteiger partial charge in [0.25, 0.3) is 5.91 Å². The maximum Gasteiger partial charge on any atom is 0.276 e. The highest BCUT2D eigenvalue weighted by atomic mass is 32.1. The largest absolute Gasteiger partial charge is 0.385 e. The summed E-state index contributed by atoms with van der Waals surface area (Å²) in [5.74, 6) is -0.0703. The van der Waals surface area contributed by atoms with E-state index >= 15 is 0 Å². The number of rotatable bonds is 7. The highest BCUT2D eigenvalue weighted by molar-refractivity contribution is 7.80. The number of benzene rings is 1. The number of nitrogens with one attached hydrogen (secondary N) is 1. The van der Waals surface area contributed by atoms with Crippen LogP contribution < -0.4 is 5.32 Å². The van der Waals surface area contributed by atoms with Crippen LogP contribution in [0.2, 0.25) is 0 Å². The molecule has 1 fully saturated rings. The summed E-state index contributed by atoms with van der Waals surface area (Å²) in [6, 6.07) is 14.5. The third-order valence-electron chi connectivity index (χ3n) is 3.88. The van der Waals surface area contributed by atoms with Crippen LogP contribution in [0.15, 0.2) is 48.2 Å². The summed E-state index contributed by atoms with van der Waals surface area (Å²) in [6.07, 6.45) is 3.54. The number of thiophene rings is 1. The van der Waals surface area contributed by atoms with E-state index in [0.29, 0.717) is 24.0 Å². The van der Waals surface area contributed by atoms with Crippen molar-refractivity contribution in [1.82, 2.24) is 10.2 Å². The number of thiocarbonyl (C=S) groups is 1. The van der Waals surface area contributed by atoms with E-state index in [1.165, 1.54) is 10.4 Å². The van der Waals surface area contributed by atoms with Gasteiger partial charge in [-0.3, -0.25) is 9.69 Å². The number of ether oxygens (including phenoxy) is 1. The molecule has 1 aliphatic rings. The monoisotopic (exact) mass is 372 g/mol. The Bertz CT molecular complexity index is 784. The van der Waals surface area contributed by atoms with Crippen molar-refractivity contribution in [1.29, 1.82) is 0 Å². The molecule has 0 spiro atoms. The van der Waals surface area contributed by atoms with E-state index in [1.807, 2.05) is 30.3 Å². The van der Waals surface area contributed by atoms with E-state index in [1.54, 1.807) is 23.3 Å². The Morgan fingerprint density at radius 3 is 2.80 bits per heavy atom. The van der Waals surface area contributed by atoms with Crippen molar-refractivity contribution in [2.45, 2.75) is 12.8 Å². The number of amides is 1. The summed E-state index contributed by atoms with van der Waals surface area (Å²) in [6.45, 7) is 1.18. The number of hydrogen-bond acceptors (Lipinski definition) is 4. The molecule has 6 heteroatoms. The molecule has 4 nitrogen and oxygen atoms in total. The normalized spacial score (nSPS) is 15.9. The molecule has 1 saturated heterocycles. The lowest BCUT2D eigenvalue weighted by Gasteiger charge is -2.12. The zero-order valence-corrected chi connectivity index (χ0v) is 15.7. The van der Waals surface area contributed by atoms with Crippen LogP contribution in [0, 0.1) is 0 Å². The molecular formula is C19H20N2O2S2. The molecule has 0 saturated carbocycles. The molecule has 0 radical (unpaired) electrons. The Labute approximate surface area is 157 Å². The van der Waals surface area contributed by atoms with Crippen LogP contribution in [0.25, 0.3) is 6.08 Å². The van der Waals surface area contributed by atoms with E-state index in [9.17, 15) is 4.79 Å². The minimum Gasteiger partial charge on any atom is -0.385 e. The molecule has 0 aliphatic carbocycles. The number of nitrogens with zero attached hydrogens (tertiary/aromatic N) is 1. The van der Waals surface area contributed by atoms with E-state index < -0.39 is 0 Å². The van der Waals surface area contributed by atoms with Crippen molar-refractivity contribution in [3.05, 3.63) is 63.5 Å². The molecule has 1 aromatic heterocycles. The van der Waals surface area contributed by atoms with Gasteiger partial charge in [0.1, 0.15) is 5.70 Å². The van der Waals surface area contributed by atoms with Gasteiger partial charge in [0.2, 0.25) is 0 Å². The van der Waals surface area contributed by atoms with Crippen LogP contribution in [-0.2, 0) is 16.0 Å². The van der Waals surface area contributed by atoms with Gasteiger partial charge < -0.3 is 10.1 Å². The summed E-state index contributed by atoms with van der Waals surface area (Å²) >= 11 is 6.96. The van der Waals surface area contributed by atoms with Crippen LogP contribution >= 0.6 is 23.6 Å². The lowest BCUT2D eigenvalue weighted by atomic mass is 10.1. The summed E-state index contributed by atoms with van der Waals surface area (Å²) in [4.78, 5) is 16.4. The second kappa shape index (κ2) is 8.38. The third-order valence-corrected chi connectivity index (χ3v) is 5.24. The van der Waals surface area contributed by atoms with Crippen LogP contribution in [-0.4, -0.2) is 36.2 Å². The molecule has 1 N–H and O–H groups in total. The Kier molecular flexibility index (Phi) is 5.96. The molecule has 0 unspecified atom stereocenters. The molecule has 25 heavy (non-hydrogen) atoms. The average Bonchev–Trinajstić information content (AvgIpc) is 3.15. The SMILES string of the molecule is COCCCN1C(=O)/C(=C\c2ccc(Cc3ccccc3)s2)NC1=S. The molecular weight excluding hydrogens is 352 g/mol. The van der Waals surface area contributed by atoms with E-state index in [0.717, 1.165) is 17.7 Å². The Balaban J connectivity index is 1.67. The maximum absolute atomic E-state index is 12.5. The lowest BCUT2D eigenvalue weighted by molar-refractivity contribution is -0.122. The van der Waals surface area contributed by atoms with Crippen molar-refractivity contribution in [3.63, 3.8) is 0 Å². The molecule has 1 aromatic carbocycles. The highest BCUT2D eigenvalue weighted by Gasteiger charge is 2.30. The quantitative estimate of drug-likeness (QED) is 0.459. The van der Waals surface area contributed by atoms with Crippen molar-refractivity contribution in [3.8, 4) is 0 Å². The maximum atomic E-state index is 12.5. The fourth-order valence-corrected chi connectivity index (χ4v) is 3.92. The van der Waals surface area contributed by atoms with Crippen LogP contribution in [0.3, 0.4) is 0 Å². The summed E-state index contributed by atoms with van der Waals surface area (Å²) in [5.41, 5.74) is 1.82. The van der Waals surface area contributed by atoms with Crippen LogP contribution in [0.1, 0.15) is 21.7 Å². The topological polar surface area (TPSA) is 41.6 Å². The summed E-state index contributed by atoms with van der Waals surface area (Å²) in [7, 11) is 1.65. The standard InChI is InChI=1S/C19H20N2O2S2/c1-23-11-5-10-21-18(22)17(20-19(21)24)13-16-9-8-15(25-16)12-14-6-3-2-4-7-14/h2-4,6-9,13H,5,10-12H2,1H3,(H,20,24)/b17-13+. The second-order valence-electron chi connectivity index (χ2n) is 5.76. The van der Waals surface area contributed by atoms with E-state index in [2.05, 4.69) is 23.5 Å². The number of carbonyl (C=O) groups is 1. The molecule has 3 rings (SSSR count). The van der Waals surface area contributed by atoms with Gasteiger partial charge in [-0.15, -0.1) is 11.3 Å². The highest BCUT2D eigenvalue weighted by Crippen LogP contribution is 2.23. The Hall–Kier alpha value is -2.02. The zero-order chi connectivity index (χ0) is 17.6. The first-order valence-corrected chi connectivity index (χ1v) is 9.36. The molecule has 2 aromatic rings. The first-order chi connectivity index (χ1) is 12.2. The van der Waals surface area contributed by atoms with Crippen LogP contribution in [0.4, 0.5) is 0 Å². The zero-order valence-electron chi connectivity index (χ0n) is 14.0. The predicted molar refractivity (Wildman–Crippen MR) is 105 cm³/mol. The van der Waals surface area contributed by atoms with Crippen molar-refractivity contribution in [2.75, 3.05) is 20.3 Å². The Morgan fingerprint density at radius 1 is 1.24 bits per heavy atom. The fourth-order valence-electron chi connectivity index (χ4n) is 2.65. The Morgan fingerprint density at radius 2 is 2.04 bits per heavy atom. The molecule has 2 heterocycles. The van der Waals surface area contributed by atoms with Crippen molar-refractivity contribution < 1.29 is 9.53 Å². The first-order valence-electron chi connectivity index (χ1n) is 8.13. The molecule has 1 amide bonds. The van der Waals surface area contributed by atoms with Gasteiger partial charge in [0.15, 0.2) is 5.11 Å². The molecule has 0 atom stereocenters. The van der Waals surface area contributed by atoms with E-state index in [4.69, 9.17) is 17.0 Å². The fraction of sp³-hybridized carbons (Fsp3) is 0.263. The first kappa shape index (κ1) is 17.8. The van der Waals surface area contributed by atoms with Crippen LogP contribution in [0.5, 0.6) is 0 Å². The molecule has 0 bridgehead atoms. The van der Waals surface area contributed by atoms with Gasteiger partial charge in [-0.2, -0.15) is 0 Å². The second-order valence-corrected chi connectivity index (χ2v) is 7.34. The number of hydrogen-bond donors (Lipinski definition) is 1. The van der Waals surface area contributed by atoms with Crippen molar-refractivity contribution in [2.24, 2.45) is 0 Å². The van der Waals surface area contributed by atoms with Gasteiger partial charge >= 0.3 is 0 Å². The minimum atomic E-state index is -0.0703. The van der Waals surface area contributed by atoms with Gasteiger partial charge in [-0.1, -0.05) is 30.3 Å². The number of methoxy groups -OCH3 is 1. The van der Waals surface area contributed by atoms with Gasteiger partial charge in [-0.05, 0) is 42.4 Å². The average molecular weight is 373 g/mol. The predicted octanol–water partition coefficient (Wildman–Crippen LogP) is 3.43. The number of carbonyl (C=O) groups excluding carboxylic acids is 1. The van der Waals surface area contributed by atoms with Gasteiger partial charge in [0, 0.05) is 36.4 Å². The third kappa shape index (κ3) is 4.54. The molecule has 130 valence electrons. The van der Waals surface area contributed by atoms with Gasteiger partial charge in [-0.25, -0.2) is 0 Å². The lowest BCUT2D eigenvalue weighted by Crippen LogP contribution is -2.32.